The van der Waals surface area contributed by atoms with Gasteiger partial charge >= 0.3 is 19.8 Å². The van der Waals surface area contributed by atoms with Gasteiger partial charge in [0.2, 0.25) is 0 Å². The van der Waals surface area contributed by atoms with Crippen LogP contribution in [0.3, 0.4) is 0 Å². The van der Waals surface area contributed by atoms with Crippen LogP contribution < -0.4 is 0 Å². The smallest absolute Gasteiger partial charge is 0.462 e. The Morgan fingerprint density at radius 3 is 1.47 bits per heavy atom. The number of carbonyl (C=O) groups is 2. The fraction of sp³-hybridized carbons (Fsp3) is 0.700. The predicted molar refractivity (Wildman–Crippen MR) is 202 cm³/mol. The second-order valence-corrected chi connectivity index (χ2v) is 13.8. The normalized spacial score (nSPS) is 13.1. The van der Waals surface area contributed by atoms with E-state index in [1.165, 1.54) is 57.8 Å². The summed E-state index contributed by atoms with van der Waals surface area (Å²) in [5.41, 5.74) is 0. The van der Waals surface area contributed by atoms with Gasteiger partial charge in [0.25, 0.3) is 0 Å². The molecule has 8 nitrogen and oxygen atoms in total. The number of unbranched alkanes of at least 4 members (excludes halogenated alkanes) is 14. The highest BCUT2D eigenvalue weighted by atomic mass is 31.2. The minimum atomic E-state index is -4.76. The van der Waals surface area contributed by atoms with Crippen molar-refractivity contribution in [1.82, 2.24) is 0 Å². The Bertz CT molecular complexity index is 979. The van der Waals surface area contributed by atoms with Gasteiger partial charge < -0.3 is 19.3 Å². The van der Waals surface area contributed by atoms with Crippen LogP contribution in [0.25, 0.3) is 0 Å². The molecule has 0 aromatic rings. The summed E-state index contributed by atoms with van der Waals surface area (Å²) < 4.78 is 26.3. The zero-order chi connectivity index (χ0) is 36.1. The number of ether oxygens (including phenoxy) is 2. The molecule has 0 bridgehead atoms. The number of carbonyl (C=O) groups excluding carboxylic acids is 2. The Balaban J connectivity index is 4.05. The maximum absolute atomic E-state index is 12.4. The monoisotopic (exact) mass is 708 g/mol. The molecule has 0 rings (SSSR count). The molecule has 0 aliphatic rings. The van der Waals surface area contributed by atoms with Crippen LogP contribution in [0.4, 0.5) is 0 Å². The van der Waals surface area contributed by atoms with Crippen LogP contribution >= 0.6 is 7.82 Å². The molecule has 9 heteroatoms. The first-order chi connectivity index (χ1) is 23.8. The van der Waals surface area contributed by atoms with E-state index in [-0.39, 0.29) is 19.4 Å². The lowest BCUT2D eigenvalue weighted by molar-refractivity contribution is -0.161. The minimum absolute atomic E-state index is 0.172. The van der Waals surface area contributed by atoms with Gasteiger partial charge in [-0.3, -0.25) is 14.1 Å². The van der Waals surface area contributed by atoms with E-state index in [0.717, 1.165) is 70.6 Å². The fourth-order valence-corrected chi connectivity index (χ4v) is 5.35. The maximum atomic E-state index is 12.4. The van der Waals surface area contributed by atoms with Crippen molar-refractivity contribution in [3.05, 3.63) is 60.8 Å². The van der Waals surface area contributed by atoms with Crippen LogP contribution in [0.15, 0.2) is 60.8 Å². The average Bonchev–Trinajstić information content (AvgIpc) is 3.07. The first kappa shape index (κ1) is 46.8. The number of rotatable bonds is 34. The second kappa shape index (κ2) is 35.6. The van der Waals surface area contributed by atoms with E-state index in [1.807, 2.05) is 0 Å². The molecule has 0 fully saturated rings. The van der Waals surface area contributed by atoms with E-state index < -0.39 is 32.5 Å². The van der Waals surface area contributed by atoms with Gasteiger partial charge in [-0.25, -0.2) is 4.57 Å². The van der Waals surface area contributed by atoms with Gasteiger partial charge in [0.05, 0.1) is 6.61 Å². The maximum Gasteiger partial charge on any atom is 0.469 e. The quantitative estimate of drug-likeness (QED) is 0.0293. The van der Waals surface area contributed by atoms with E-state index >= 15 is 0 Å². The van der Waals surface area contributed by atoms with E-state index in [2.05, 4.69) is 79.1 Å². The molecule has 0 heterocycles. The number of hydrogen-bond donors (Lipinski definition) is 2. The predicted octanol–water partition coefficient (Wildman–Crippen LogP) is 11.3. The number of phosphoric ester groups is 1. The van der Waals surface area contributed by atoms with Crippen molar-refractivity contribution >= 4 is 19.8 Å². The van der Waals surface area contributed by atoms with E-state index in [0.29, 0.717) is 6.42 Å². The molecule has 0 spiro atoms. The Kier molecular flexibility index (Phi) is 33.9. The number of allylic oxidation sites excluding steroid dienone is 10. The molecule has 282 valence electrons. The summed E-state index contributed by atoms with van der Waals surface area (Å²) in [6, 6.07) is 0. The van der Waals surface area contributed by atoms with Gasteiger partial charge in [0, 0.05) is 12.8 Å². The summed E-state index contributed by atoms with van der Waals surface area (Å²) >= 11 is 0. The van der Waals surface area contributed by atoms with Gasteiger partial charge in [-0.1, -0.05) is 152 Å². The first-order valence-corrected chi connectivity index (χ1v) is 20.6. The Hall–Kier alpha value is -2.25. The van der Waals surface area contributed by atoms with Crippen molar-refractivity contribution in [1.29, 1.82) is 0 Å². The zero-order valence-electron chi connectivity index (χ0n) is 30.8. The highest BCUT2D eigenvalue weighted by molar-refractivity contribution is 7.46. The van der Waals surface area contributed by atoms with Crippen LogP contribution in [0.2, 0.25) is 0 Å². The lowest BCUT2D eigenvalue weighted by Gasteiger charge is -2.18. The molecule has 49 heavy (non-hydrogen) atoms. The van der Waals surface area contributed by atoms with Crippen LogP contribution in [0.1, 0.15) is 162 Å². The third kappa shape index (κ3) is 38.4. The second-order valence-electron chi connectivity index (χ2n) is 12.5. The van der Waals surface area contributed by atoms with Gasteiger partial charge in [0.1, 0.15) is 6.61 Å². The van der Waals surface area contributed by atoms with Gasteiger partial charge in [0.15, 0.2) is 6.10 Å². The average molecular weight is 709 g/mol. The highest BCUT2D eigenvalue weighted by Gasteiger charge is 2.22. The molecule has 0 aliphatic carbocycles. The van der Waals surface area contributed by atoms with Gasteiger partial charge in [-0.2, -0.15) is 0 Å². The Labute approximate surface area is 298 Å². The lowest BCUT2D eigenvalue weighted by atomic mass is 10.0. The highest BCUT2D eigenvalue weighted by Crippen LogP contribution is 2.36. The topological polar surface area (TPSA) is 119 Å². The summed E-state index contributed by atoms with van der Waals surface area (Å²) in [7, 11) is -4.76. The van der Waals surface area contributed by atoms with Crippen LogP contribution in [0, 0.1) is 0 Å². The molecular formula is C40H69O8P. The van der Waals surface area contributed by atoms with Crippen molar-refractivity contribution in [2.75, 3.05) is 13.2 Å². The SMILES string of the molecule is CC/C=C\C/C=C\C/C=C\C/C=C\C/C=C\CCCCCC(=O)OC(COC(=O)CCCCCCCCCCCCCC)COP(=O)(O)O. The van der Waals surface area contributed by atoms with E-state index in [9.17, 15) is 14.2 Å². The molecule has 0 amide bonds. The minimum Gasteiger partial charge on any atom is -0.462 e. The van der Waals surface area contributed by atoms with Crippen LogP contribution in [0.5, 0.6) is 0 Å². The summed E-state index contributed by atoms with van der Waals surface area (Å²) in [4.78, 5) is 42.7. The van der Waals surface area contributed by atoms with Gasteiger partial charge in [-0.05, 0) is 57.8 Å². The lowest BCUT2D eigenvalue weighted by Crippen LogP contribution is -2.29. The molecule has 0 saturated heterocycles. The molecule has 1 unspecified atom stereocenters. The molecule has 0 saturated carbocycles. The molecule has 1 atom stereocenters. The van der Waals surface area contributed by atoms with E-state index in [4.69, 9.17) is 19.3 Å². The third-order valence-corrected chi connectivity index (χ3v) is 8.29. The standard InChI is InChI=1S/C40H69O8P/c1-3-5-7-9-11-13-15-17-18-19-20-21-22-23-25-27-29-31-33-35-40(42)48-38(37-47-49(43,44)45)36-46-39(41)34-32-30-28-26-24-16-14-12-10-8-6-4-2/h5,7,11,13,17-18,20-21,23,25,38H,3-4,6,8-10,12,14-16,19,22,24,26-37H2,1-2H3,(H2,43,44,45)/b7-5-,13-11-,18-17-,21-20-,25-23-. The van der Waals surface area contributed by atoms with Gasteiger partial charge in [-0.15, -0.1) is 0 Å². The summed E-state index contributed by atoms with van der Waals surface area (Å²) in [6.07, 6.45) is 43.7. The van der Waals surface area contributed by atoms with Crippen LogP contribution in [-0.4, -0.2) is 41.0 Å². The Morgan fingerprint density at radius 1 is 0.551 bits per heavy atom. The molecule has 0 aliphatic heterocycles. The molecular weight excluding hydrogens is 639 g/mol. The van der Waals surface area contributed by atoms with Crippen molar-refractivity contribution < 1.29 is 37.9 Å². The summed E-state index contributed by atoms with van der Waals surface area (Å²) in [5, 5.41) is 0. The summed E-state index contributed by atoms with van der Waals surface area (Å²) in [6.45, 7) is 3.52. The number of hydrogen-bond acceptors (Lipinski definition) is 6. The van der Waals surface area contributed by atoms with Crippen molar-refractivity contribution in [2.24, 2.45) is 0 Å². The number of esters is 2. The molecule has 0 radical (unpaired) electrons. The Morgan fingerprint density at radius 2 is 0.980 bits per heavy atom. The van der Waals surface area contributed by atoms with Crippen molar-refractivity contribution in [2.45, 2.75) is 168 Å². The number of phosphoric acid groups is 1. The largest absolute Gasteiger partial charge is 0.469 e. The zero-order valence-corrected chi connectivity index (χ0v) is 31.7. The van der Waals surface area contributed by atoms with Crippen LogP contribution in [-0.2, 0) is 28.2 Å². The fourth-order valence-electron chi connectivity index (χ4n) is 4.99. The molecule has 0 aromatic heterocycles. The van der Waals surface area contributed by atoms with Crippen molar-refractivity contribution in [3.63, 3.8) is 0 Å². The summed E-state index contributed by atoms with van der Waals surface area (Å²) in [5.74, 6) is -0.925. The van der Waals surface area contributed by atoms with Crippen molar-refractivity contribution in [3.8, 4) is 0 Å². The first-order valence-electron chi connectivity index (χ1n) is 19.1. The molecule has 0 aromatic carbocycles. The van der Waals surface area contributed by atoms with E-state index in [1.54, 1.807) is 0 Å². The molecule has 2 N–H and O–H groups in total. The third-order valence-electron chi connectivity index (χ3n) is 7.80.